The number of aromatic carboxylic acids is 1. The molecule has 2 aliphatic carbocycles. The molecule has 0 unspecified atom stereocenters. The number of alkyl halides is 3. The van der Waals surface area contributed by atoms with Crippen molar-refractivity contribution >= 4 is 11.9 Å². The third-order valence-corrected chi connectivity index (χ3v) is 10.2. The number of carbonyl (C=O) groups excluding carboxylic acids is 1. The van der Waals surface area contributed by atoms with Gasteiger partial charge in [-0.05, 0) is 85.7 Å². The Kier molecular flexibility index (Phi) is 6.92. The summed E-state index contributed by atoms with van der Waals surface area (Å²) in [5, 5.41) is 9.41. The summed E-state index contributed by atoms with van der Waals surface area (Å²) in [6.45, 7) is 4.75. The van der Waals surface area contributed by atoms with Crippen molar-refractivity contribution in [2.75, 3.05) is 19.6 Å². The second-order valence-corrected chi connectivity index (χ2v) is 12.4. The number of hydrogen-bond donors (Lipinski definition) is 1. The molecule has 1 aromatic heterocycles. The van der Waals surface area contributed by atoms with Crippen molar-refractivity contribution < 1.29 is 27.9 Å². The Labute approximate surface area is 232 Å². The summed E-state index contributed by atoms with van der Waals surface area (Å²) < 4.78 is 39.9. The molecule has 214 valence electrons. The minimum absolute atomic E-state index is 0.119. The van der Waals surface area contributed by atoms with E-state index in [1.54, 1.807) is 17.0 Å². The fourth-order valence-electron chi connectivity index (χ4n) is 8.21. The van der Waals surface area contributed by atoms with Crippen molar-refractivity contribution in [3.63, 3.8) is 0 Å². The summed E-state index contributed by atoms with van der Waals surface area (Å²) in [7, 11) is 0. The Morgan fingerprint density at radius 3 is 2.73 bits per heavy atom. The highest BCUT2D eigenvalue weighted by Crippen LogP contribution is 2.57. The number of halogens is 3. The van der Waals surface area contributed by atoms with Crippen molar-refractivity contribution in [3.8, 4) is 0 Å². The number of rotatable bonds is 4. The normalized spacial score (nSPS) is 30.6. The first-order valence-electron chi connectivity index (χ1n) is 14.5. The largest absolute Gasteiger partial charge is 0.478 e. The van der Waals surface area contributed by atoms with E-state index in [1.165, 1.54) is 6.07 Å². The Hall–Kier alpha value is -2.94. The Bertz CT molecular complexity index is 1310. The van der Waals surface area contributed by atoms with Crippen LogP contribution in [0.1, 0.15) is 84.1 Å². The van der Waals surface area contributed by atoms with Crippen molar-refractivity contribution in [1.82, 2.24) is 14.8 Å². The van der Waals surface area contributed by atoms with Crippen LogP contribution in [-0.4, -0.2) is 57.4 Å². The number of pyridine rings is 1. The molecule has 1 N–H and O–H groups in total. The average molecular weight is 556 g/mol. The molecule has 1 amide bonds. The van der Waals surface area contributed by atoms with E-state index >= 15 is 0 Å². The second kappa shape index (κ2) is 10.2. The first-order chi connectivity index (χ1) is 19.0. The summed E-state index contributed by atoms with van der Waals surface area (Å²) in [6.07, 6.45) is 2.58. The van der Waals surface area contributed by atoms with Gasteiger partial charge in [-0.1, -0.05) is 25.5 Å². The van der Waals surface area contributed by atoms with Crippen LogP contribution >= 0.6 is 0 Å². The predicted molar refractivity (Wildman–Crippen MR) is 143 cm³/mol. The highest BCUT2D eigenvalue weighted by molar-refractivity contribution is 5.87. The lowest BCUT2D eigenvalue weighted by Gasteiger charge is -2.41. The predicted octanol–water partition coefficient (Wildman–Crippen LogP) is 5.76. The zero-order chi connectivity index (χ0) is 28.2. The summed E-state index contributed by atoms with van der Waals surface area (Å²) in [6, 6.07) is 8.77. The number of piperidine rings is 1. The van der Waals surface area contributed by atoms with Crippen LogP contribution in [0.15, 0.2) is 36.5 Å². The molecule has 40 heavy (non-hydrogen) atoms. The molecule has 6 nitrogen and oxygen atoms in total. The monoisotopic (exact) mass is 555 g/mol. The van der Waals surface area contributed by atoms with Crippen molar-refractivity contribution in [2.45, 2.75) is 76.6 Å². The van der Waals surface area contributed by atoms with Crippen molar-refractivity contribution in [1.29, 1.82) is 0 Å². The smallest absolute Gasteiger partial charge is 0.417 e. The number of aromatic nitrogens is 1. The highest BCUT2D eigenvalue weighted by atomic mass is 19.4. The Morgan fingerprint density at radius 1 is 1.15 bits per heavy atom. The third kappa shape index (κ3) is 4.80. The van der Waals surface area contributed by atoms with Gasteiger partial charge in [0.05, 0.1) is 16.5 Å². The van der Waals surface area contributed by atoms with Crippen LogP contribution in [0.3, 0.4) is 0 Å². The topological polar surface area (TPSA) is 73.7 Å². The second-order valence-electron chi connectivity index (χ2n) is 12.4. The van der Waals surface area contributed by atoms with Crippen LogP contribution < -0.4 is 0 Å². The van der Waals surface area contributed by atoms with Crippen LogP contribution in [-0.2, 0) is 23.9 Å². The molecular formula is C31H36F3N3O3. The molecule has 9 heteroatoms. The lowest BCUT2D eigenvalue weighted by atomic mass is 9.78. The van der Waals surface area contributed by atoms with Gasteiger partial charge in [-0.3, -0.25) is 9.78 Å². The minimum atomic E-state index is -4.45. The maximum Gasteiger partial charge on any atom is 0.417 e. The lowest BCUT2D eigenvalue weighted by Crippen LogP contribution is -2.48. The SMILES string of the molecule is C[C@@H]1CN([C@H]2C[C@H]3CCC[C@@]3(C(=O)N3CCc4ncc(C(F)(F)F)cc4C3)C2)CC[C@H]1c1cccc(C(=O)O)c1. The van der Waals surface area contributed by atoms with Crippen LogP contribution in [0.5, 0.6) is 0 Å². The standard InChI is InChI=1S/C31H36F3N3O3/c1-19-17-36(10-7-26(19)20-4-2-5-21(12-20)28(38)39)25-14-23-6-3-9-30(23,15-25)29(40)37-11-8-27-22(18-37)13-24(16-35-27)31(32,33)34/h2,4-5,12-13,16,19,23,25-26H,3,6-11,14-15,17-18H2,1H3,(H,38,39)/t19-,23-,25+,26-,30-/m1/s1. The van der Waals surface area contributed by atoms with Gasteiger partial charge in [0.2, 0.25) is 5.91 Å². The molecule has 1 aromatic carbocycles. The fraction of sp³-hybridized carbons (Fsp3) is 0.581. The van der Waals surface area contributed by atoms with Gasteiger partial charge in [0, 0.05) is 44.0 Å². The van der Waals surface area contributed by atoms with Gasteiger partial charge in [0.25, 0.3) is 0 Å². The van der Waals surface area contributed by atoms with Crippen molar-refractivity contribution in [3.05, 3.63) is 64.5 Å². The molecule has 3 fully saturated rings. The number of amides is 1. The molecule has 4 aliphatic rings. The van der Waals surface area contributed by atoms with Gasteiger partial charge >= 0.3 is 12.1 Å². The zero-order valence-electron chi connectivity index (χ0n) is 22.8. The number of nitrogens with zero attached hydrogens (tertiary/aromatic N) is 3. The summed E-state index contributed by atoms with van der Waals surface area (Å²) in [5.74, 6) is 0.184. The molecule has 0 bridgehead atoms. The van der Waals surface area contributed by atoms with E-state index in [1.807, 2.05) is 12.1 Å². The quantitative estimate of drug-likeness (QED) is 0.520. The average Bonchev–Trinajstić information content (AvgIpc) is 3.50. The number of benzene rings is 1. The molecule has 2 aromatic rings. The van der Waals surface area contributed by atoms with E-state index in [2.05, 4.69) is 16.8 Å². The number of hydrogen-bond acceptors (Lipinski definition) is 4. The van der Waals surface area contributed by atoms with Crippen molar-refractivity contribution in [2.24, 2.45) is 17.3 Å². The molecule has 2 aliphatic heterocycles. The van der Waals surface area contributed by atoms with Gasteiger partial charge in [-0.25, -0.2) is 4.79 Å². The molecule has 3 heterocycles. The molecule has 1 saturated heterocycles. The fourth-order valence-corrected chi connectivity index (χ4v) is 8.21. The van der Waals surface area contributed by atoms with Crippen LogP contribution in [0.4, 0.5) is 13.2 Å². The molecule has 2 saturated carbocycles. The van der Waals surface area contributed by atoms with Gasteiger partial charge in [0.15, 0.2) is 0 Å². The molecular weight excluding hydrogens is 519 g/mol. The molecule has 0 radical (unpaired) electrons. The lowest BCUT2D eigenvalue weighted by molar-refractivity contribution is -0.144. The summed E-state index contributed by atoms with van der Waals surface area (Å²) in [5.41, 5.74) is 1.39. The maximum atomic E-state index is 14.1. The number of carboxylic acid groups (broad SMARTS) is 1. The first kappa shape index (κ1) is 27.2. The van der Waals surface area contributed by atoms with E-state index in [0.717, 1.165) is 63.4 Å². The first-order valence-corrected chi connectivity index (χ1v) is 14.5. The van der Waals surface area contributed by atoms with E-state index < -0.39 is 23.1 Å². The van der Waals surface area contributed by atoms with Crippen LogP contribution in [0, 0.1) is 17.3 Å². The van der Waals surface area contributed by atoms with Gasteiger partial charge < -0.3 is 14.9 Å². The van der Waals surface area contributed by atoms with E-state index in [9.17, 15) is 27.9 Å². The van der Waals surface area contributed by atoms with E-state index in [-0.39, 0.29) is 12.5 Å². The molecule has 5 atom stereocenters. The zero-order valence-corrected chi connectivity index (χ0v) is 22.8. The van der Waals surface area contributed by atoms with E-state index in [0.29, 0.717) is 53.6 Å². The van der Waals surface area contributed by atoms with Crippen LogP contribution in [0.2, 0.25) is 0 Å². The van der Waals surface area contributed by atoms with Crippen LogP contribution in [0.25, 0.3) is 0 Å². The highest BCUT2D eigenvalue weighted by Gasteiger charge is 2.57. The number of carboxylic acids is 1. The maximum absolute atomic E-state index is 14.1. The van der Waals surface area contributed by atoms with Gasteiger partial charge in [-0.2, -0.15) is 13.2 Å². The molecule has 6 rings (SSSR count). The van der Waals surface area contributed by atoms with Gasteiger partial charge in [-0.15, -0.1) is 0 Å². The summed E-state index contributed by atoms with van der Waals surface area (Å²) >= 11 is 0. The summed E-state index contributed by atoms with van der Waals surface area (Å²) in [4.78, 5) is 34.0. The molecule has 0 spiro atoms. The van der Waals surface area contributed by atoms with Gasteiger partial charge in [0.1, 0.15) is 0 Å². The van der Waals surface area contributed by atoms with E-state index in [4.69, 9.17) is 0 Å². The number of likely N-dealkylation sites (tertiary alicyclic amines) is 1. The third-order valence-electron chi connectivity index (χ3n) is 10.2. The number of fused-ring (bicyclic) bond motifs is 2. The minimum Gasteiger partial charge on any atom is -0.478 e. The number of carbonyl (C=O) groups is 2. The Morgan fingerprint density at radius 2 is 1.98 bits per heavy atom. The Balaban J connectivity index is 1.15.